The molecule has 0 bridgehead atoms. The van der Waals surface area contributed by atoms with Crippen molar-refractivity contribution in [1.29, 1.82) is 0 Å². The first-order valence-corrected chi connectivity index (χ1v) is 9.29. The van der Waals surface area contributed by atoms with Crippen LogP contribution in [-0.2, 0) is 9.59 Å². The Hall–Kier alpha value is -2.32. The van der Waals surface area contributed by atoms with Gasteiger partial charge < -0.3 is 10.6 Å². The summed E-state index contributed by atoms with van der Waals surface area (Å²) < 4.78 is 26.5. The molecule has 1 aromatic carbocycles. The molecule has 1 atom stereocenters. The lowest BCUT2D eigenvalue weighted by Crippen LogP contribution is -2.41. The van der Waals surface area contributed by atoms with Gasteiger partial charge in [0, 0.05) is 12.6 Å². The molecule has 2 aromatic rings. The zero-order chi connectivity index (χ0) is 18.5. The number of likely N-dealkylation sites (tertiary alicyclic amines) is 1. The topological polar surface area (TPSA) is 61.4 Å². The highest BCUT2D eigenvalue weighted by Gasteiger charge is 2.25. The van der Waals surface area contributed by atoms with Gasteiger partial charge in [-0.3, -0.25) is 14.5 Å². The van der Waals surface area contributed by atoms with E-state index in [1.54, 1.807) is 11.3 Å². The number of halogens is 2. The molecule has 2 N–H and O–H groups in total. The number of thiophene rings is 1. The van der Waals surface area contributed by atoms with E-state index < -0.39 is 23.4 Å². The largest absolute Gasteiger partial charge is 0.346 e. The minimum atomic E-state index is -0.985. The third-order valence-electron chi connectivity index (χ3n) is 4.35. The van der Waals surface area contributed by atoms with Gasteiger partial charge in [0.15, 0.2) is 0 Å². The van der Waals surface area contributed by atoms with Gasteiger partial charge in [0.1, 0.15) is 11.6 Å². The van der Waals surface area contributed by atoms with Crippen LogP contribution in [0.15, 0.2) is 35.0 Å². The minimum absolute atomic E-state index is 0.00283. The molecule has 1 unspecified atom stereocenters. The zero-order valence-electron chi connectivity index (χ0n) is 14.0. The van der Waals surface area contributed by atoms with E-state index in [4.69, 9.17) is 0 Å². The molecule has 3 rings (SSSR count). The quantitative estimate of drug-likeness (QED) is 0.786. The van der Waals surface area contributed by atoms with Crippen molar-refractivity contribution in [2.45, 2.75) is 18.9 Å². The number of anilines is 1. The third kappa shape index (κ3) is 4.44. The lowest BCUT2D eigenvalue weighted by molar-refractivity contribution is -0.136. The number of carbonyl (C=O) groups is 2. The van der Waals surface area contributed by atoms with E-state index in [2.05, 4.69) is 15.5 Å². The molecule has 1 saturated heterocycles. The zero-order valence-corrected chi connectivity index (χ0v) is 14.8. The molecule has 2 amide bonds. The SMILES string of the molecule is O=C(NCC(c1ccsc1)N1CCCC1)C(=O)Nc1ccc(F)cc1F. The van der Waals surface area contributed by atoms with Gasteiger partial charge in [-0.2, -0.15) is 11.3 Å². The summed E-state index contributed by atoms with van der Waals surface area (Å²) in [7, 11) is 0. The molecule has 0 radical (unpaired) electrons. The summed E-state index contributed by atoms with van der Waals surface area (Å²) in [6, 6.07) is 4.74. The van der Waals surface area contributed by atoms with Crippen LogP contribution in [0.5, 0.6) is 0 Å². The Kier molecular flexibility index (Phi) is 5.95. The van der Waals surface area contributed by atoms with Gasteiger partial charge >= 0.3 is 11.8 Å². The molecule has 26 heavy (non-hydrogen) atoms. The monoisotopic (exact) mass is 379 g/mol. The summed E-state index contributed by atoms with van der Waals surface area (Å²) in [5.41, 5.74) is 0.864. The van der Waals surface area contributed by atoms with Gasteiger partial charge in [-0.25, -0.2) is 8.78 Å². The maximum absolute atomic E-state index is 13.6. The van der Waals surface area contributed by atoms with Crippen molar-refractivity contribution in [3.63, 3.8) is 0 Å². The van der Waals surface area contributed by atoms with E-state index in [-0.39, 0.29) is 18.3 Å². The van der Waals surface area contributed by atoms with Crippen LogP contribution in [0.2, 0.25) is 0 Å². The first-order chi connectivity index (χ1) is 12.5. The van der Waals surface area contributed by atoms with Crippen molar-refractivity contribution in [2.75, 3.05) is 25.0 Å². The number of nitrogens with zero attached hydrogens (tertiary/aromatic N) is 1. The molecule has 0 saturated carbocycles. The molecule has 1 aliphatic rings. The third-order valence-corrected chi connectivity index (χ3v) is 5.05. The van der Waals surface area contributed by atoms with Crippen molar-refractivity contribution >= 4 is 28.8 Å². The summed E-state index contributed by atoms with van der Waals surface area (Å²) >= 11 is 1.58. The Bertz CT molecular complexity index is 777. The summed E-state index contributed by atoms with van der Waals surface area (Å²) in [4.78, 5) is 26.3. The molecular formula is C18H19F2N3O2S. The average molecular weight is 379 g/mol. The fourth-order valence-corrected chi connectivity index (χ4v) is 3.72. The van der Waals surface area contributed by atoms with Crippen LogP contribution in [0.3, 0.4) is 0 Å². The summed E-state index contributed by atoms with van der Waals surface area (Å²) in [5.74, 6) is -3.53. The molecular weight excluding hydrogens is 360 g/mol. The summed E-state index contributed by atoms with van der Waals surface area (Å²) in [6.45, 7) is 2.18. The first kappa shape index (κ1) is 18.5. The van der Waals surface area contributed by atoms with Crippen molar-refractivity contribution in [2.24, 2.45) is 0 Å². The average Bonchev–Trinajstić information content (AvgIpc) is 3.31. The number of nitrogens with one attached hydrogen (secondary N) is 2. The summed E-state index contributed by atoms with van der Waals surface area (Å²) in [6.07, 6.45) is 2.22. The van der Waals surface area contributed by atoms with E-state index >= 15 is 0 Å². The first-order valence-electron chi connectivity index (χ1n) is 8.35. The molecule has 1 aliphatic heterocycles. The standard InChI is InChI=1S/C18H19F2N3O2S/c19-13-3-4-15(14(20)9-13)22-18(25)17(24)21-10-16(12-5-8-26-11-12)23-6-1-2-7-23/h3-5,8-9,11,16H,1-2,6-7,10H2,(H,21,24)(H,22,25). The second-order valence-electron chi connectivity index (χ2n) is 6.10. The van der Waals surface area contributed by atoms with Crippen molar-refractivity contribution in [3.8, 4) is 0 Å². The summed E-state index contributed by atoms with van der Waals surface area (Å²) in [5, 5.41) is 8.78. The molecule has 1 fully saturated rings. The number of carbonyl (C=O) groups excluding carboxylic acids is 2. The fraction of sp³-hybridized carbons (Fsp3) is 0.333. The van der Waals surface area contributed by atoms with Crippen molar-refractivity contribution in [1.82, 2.24) is 10.2 Å². The van der Waals surface area contributed by atoms with E-state index in [9.17, 15) is 18.4 Å². The molecule has 8 heteroatoms. The van der Waals surface area contributed by atoms with Crippen LogP contribution in [0, 0.1) is 11.6 Å². The van der Waals surface area contributed by atoms with Crippen LogP contribution < -0.4 is 10.6 Å². The van der Waals surface area contributed by atoms with E-state index in [1.165, 1.54) is 0 Å². The molecule has 0 aliphatic carbocycles. The highest BCUT2D eigenvalue weighted by Crippen LogP contribution is 2.26. The van der Waals surface area contributed by atoms with Crippen LogP contribution in [-0.4, -0.2) is 36.3 Å². The van der Waals surface area contributed by atoms with Gasteiger partial charge in [-0.15, -0.1) is 0 Å². The van der Waals surface area contributed by atoms with Gasteiger partial charge in [-0.05, 0) is 60.5 Å². The Morgan fingerprint density at radius 2 is 1.92 bits per heavy atom. The van der Waals surface area contributed by atoms with Crippen LogP contribution >= 0.6 is 11.3 Å². The number of amides is 2. The highest BCUT2D eigenvalue weighted by atomic mass is 32.1. The molecule has 138 valence electrons. The Labute approximate surface area is 154 Å². The van der Waals surface area contributed by atoms with E-state index in [0.717, 1.165) is 43.6 Å². The Morgan fingerprint density at radius 1 is 1.15 bits per heavy atom. The van der Waals surface area contributed by atoms with Crippen LogP contribution in [0.25, 0.3) is 0 Å². The van der Waals surface area contributed by atoms with Crippen molar-refractivity contribution < 1.29 is 18.4 Å². The maximum atomic E-state index is 13.6. The second-order valence-corrected chi connectivity index (χ2v) is 6.88. The van der Waals surface area contributed by atoms with Crippen LogP contribution in [0.1, 0.15) is 24.4 Å². The van der Waals surface area contributed by atoms with Gasteiger partial charge in [0.2, 0.25) is 0 Å². The Morgan fingerprint density at radius 3 is 2.58 bits per heavy atom. The number of hydrogen-bond donors (Lipinski definition) is 2. The second kappa shape index (κ2) is 8.37. The molecule has 0 spiro atoms. The molecule has 5 nitrogen and oxygen atoms in total. The Balaban J connectivity index is 1.60. The fourth-order valence-electron chi connectivity index (χ4n) is 3.02. The van der Waals surface area contributed by atoms with E-state index in [0.29, 0.717) is 6.07 Å². The smallest absolute Gasteiger partial charge is 0.313 e. The predicted octanol–water partition coefficient (Wildman–Crippen LogP) is 2.92. The molecule has 1 aromatic heterocycles. The number of benzene rings is 1. The minimum Gasteiger partial charge on any atom is -0.346 e. The van der Waals surface area contributed by atoms with Gasteiger partial charge in [-0.1, -0.05) is 0 Å². The number of hydrogen-bond acceptors (Lipinski definition) is 4. The van der Waals surface area contributed by atoms with Gasteiger partial charge in [0.05, 0.1) is 11.7 Å². The van der Waals surface area contributed by atoms with Gasteiger partial charge in [0.25, 0.3) is 0 Å². The number of rotatable bonds is 5. The lowest BCUT2D eigenvalue weighted by Gasteiger charge is -2.27. The van der Waals surface area contributed by atoms with Crippen LogP contribution in [0.4, 0.5) is 14.5 Å². The normalized spacial score (nSPS) is 15.6. The lowest BCUT2D eigenvalue weighted by atomic mass is 10.1. The maximum Gasteiger partial charge on any atom is 0.313 e. The highest BCUT2D eigenvalue weighted by molar-refractivity contribution is 7.08. The molecule has 2 heterocycles. The van der Waals surface area contributed by atoms with Crippen molar-refractivity contribution in [3.05, 3.63) is 52.2 Å². The van der Waals surface area contributed by atoms with E-state index in [1.807, 2.05) is 16.8 Å². The predicted molar refractivity (Wildman–Crippen MR) is 95.9 cm³/mol.